The molecule has 0 aliphatic heterocycles. The van der Waals surface area contributed by atoms with Crippen molar-refractivity contribution in [2.24, 2.45) is 0 Å². The van der Waals surface area contributed by atoms with Crippen LogP contribution in [-0.2, 0) is 0 Å². The highest BCUT2D eigenvalue weighted by molar-refractivity contribution is 6.14. The predicted octanol–water partition coefficient (Wildman–Crippen LogP) is 13.4. The van der Waals surface area contributed by atoms with E-state index in [0.717, 1.165) is 83.1 Å². The van der Waals surface area contributed by atoms with E-state index in [4.69, 9.17) is 19.4 Å². The third-order valence-corrected chi connectivity index (χ3v) is 10.1. The van der Waals surface area contributed by atoms with Gasteiger partial charge in [0, 0.05) is 27.5 Å². The maximum absolute atomic E-state index is 6.72. The van der Waals surface area contributed by atoms with Crippen LogP contribution in [0.3, 0.4) is 0 Å². The average Bonchev–Trinajstić information content (AvgIpc) is 3.65. The van der Waals surface area contributed by atoms with Gasteiger partial charge in [-0.25, -0.2) is 15.0 Å². The summed E-state index contributed by atoms with van der Waals surface area (Å²) in [5, 5.41) is 2.12. The van der Waals surface area contributed by atoms with Crippen molar-refractivity contribution in [2.75, 3.05) is 0 Å². The third kappa shape index (κ3) is 6.26. The monoisotopic (exact) mass is 703 g/mol. The molecule has 55 heavy (non-hydrogen) atoms. The molecule has 4 nitrogen and oxygen atoms in total. The van der Waals surface area contributed by atoms with Gasteiger partial charge in [0.05, 0.1) is 0 Å². The first-order valence-corrected chi connectivity index (χ1v) is 18.4. The van der Waals surface area contributed by atoms with Crippen LogP contribution in [0.5, 0.6) is 0 Å². The number of rotatable bonds is 7. The maximum atomic E-state index is 6.72. The Labute approximate surface area is 319 Å². The van der Waals surface area contributed by atoms with Crippen LogP contribution in [0, 0.1) is 0 Å². The molecule has 0 spiro atoms. The summed E-state index contributed by atoms with van der Waals surface area (Å²) >= 11 is 0. The highest BCUT2D eigenvalue weighted by atomic mass is 16.3. The van der Waals surface area contributed by atoms with Crippen molar-refractivity contribution in [1.82, 2.24) is 15.0 Å². The fourth-order valence-electron chi connectivity index (χ4n) is 7.36. The molecule has 0 bridgehead atoms. The van der Waals surface area contributed by atoms with Crippen LogP contribution in [0.2, 0.25) is 0 Å². The van der Waals surface area contributed by atoms with E-state index in [1.54, 1.807) is 0 Å². The molecule has 258 valence electrons. The lowest BCUT2D eigenvalue weighted by molar-refractivity contribution is 0.669. The number of hydrogen-bond donors (Lipinski definition) is 0. The van der Waals surface area contributed by atoms with Crippen LogP contribution in [0.25, 0.3) is 101 Å². The summed E-state index contributed by atoms with van der Waals surface area (Å²) in [5.74, 6) is 1.79. The summed E-state index contributed by atoms with van der Waals surface area (Å²) in [4.78, 5) is 15.3. The molecular weight excluding hydrogens is 671 g/mol. The molecule has 2 heterocycles. The minimum atomic E-state index is 0.577. The van der Waals surface area contributed by atoms with Gasteiger partial charge in [0.2, 0.25) is 0 Å². The van der Waals surface area contributed by atoms with Crippen molar-refractivity contribution in [3.05, 3.63) is 200 Å². The molecule has 0 saturated heterocycles. The molecular formula is C51H33N3O. The van der Waals surface area contributed by atoms with Crippen molar-refractivity contribution in [3.63, 3.8) is 0 Å². The maximum Gasteiger partial charge on any atom is 0.164 e. The minimum Gasteiger partial charge on any atom is -0.456 e. The van der Waals surface area contributed by atoms with Gasteiger partial charge >= 0.3 is 0 Å². The zero-order chi connectivity index (χ0) is 36.6. The Morgan fingerprint density at radius 1 is 0.273 bits per heavy atom. The Morgan fingerprint density at radius 3 is 1.31 bits per heavy atom. The van der Waals surface area contributed by atoms with Gasteiger partial charge < -0.3 is 4.42 Å². The molecule has 0 aliphatic rings. The molecule has 0 atom stereocenters. The Kier molecular flexibility index (Phi) is 8.12. The van der Waals surface area contributed by atoms with E-state index in [1.165, 1.54) is 0 Å². The van der Waals surface area contributed by atoms with E-state index < -0.39 is 0 Å². The lowest BCUT2D eigenvalue weighted by atomic mass is 9.94. The van der Waals surface area contributed by atoms with E-state index in [-0.39, 0.29) is 0 Å². The fourth-order valence-corrected chi connectivity index (χ4v) is 7.36. The fraction of sp³-hybridized carbons (Fsp3) is 0. The molecule has 10 rings (SSSR count). The van der Waals surface area contributed by atoms with E-state index >= 15 is 0 Å². The second kappa shape index (κ2) is 13.8. The summed E-state index contributed by atoms with van der Waals surface area (Å²) in [6.45, 7) is 0. The summed E-state index contributed by atoms with van der Waals surface area (Å²) in [5.41, 5.74) is 13.3. The second-order valence-electron chi connectivity index (χ2n) is 13.6. The van der Waals surface area contributed by atoms with Gasteiger partial charge in [-0.15, -0.1) is 0 Å². The SMILES string of the molecule is c1ccc(-c2ccc(-c3nc(-c4cccc(-c5ccccc5)c4)nc(-c4ccc5c(c4)oc4cc(-c6ccccc6)cc(-c6ccccc6)c45)n3)cc2)cc1. The van der Waals surface area contributed by atoms with E-state index in [9.17, 15) is 0 Å². The van der Waals surface area contributed by atoms with Crippen molar-refractivity contribution >= 4 is 21.9 Å². The molecule has 0 N–H and O–H groups in total. The van der Waals surface area contributed by atoms with Gasteiger partial charge in [-0.3, -0.25) is 0 Å². The molecule has 0 amide bonds. The van der Waals surface area contributed by atoms with Crippen LogP contribution < -0.4 is 0 Å². The summed E-state index contributed by atoms with van der Waals surface area (Å²) in [6.07, 6.45) is 0. The van der Waals surface area contributed by atoms with Crippen LogP contribution in [-0.4, -0.2) is 15.0 Å². The number of furan rings is 1. The van der Waals surface area contributed by atoms with Gasteiger partial charge in [0.25, 0.3) is 0 Å². The van der Waals surface area contributed by atoms with Gasteiger partial charge in [-0.05, 0) is 74.8 Å². The first-order valence-electron chi connectivity index (χ1n) is 18.4. The normalized spacial score (nSPS) is 11.3. The van der Waals surface area contributed by atoms with E-state index in [0.29, 0.717) is 17.5 Å². The first-order chi connectivity index (χ1) is 27.2. The molecule has 0 aliphatic carbocycles. The topological polar surface area (TPSA) is 51.8 Å². The quantitative estimate of drug-likeness (QED) is 0.166. The summed E-state index contributed by atoms with van der Waals surface area (Å²) in [7, 11) is 0. The number of nitrogens with zero attached hydrogens (tertiary/aromatic N) is 3. The lowest BCUT2D eigenvalue weighted by Gasteiger charge is -2.10. The highest BCUT2D eigenvalue weighted by Crippen LogP contribution is 2.41. The third-order valence-electron chi connectivity index (χ3n) is 10.1. The van der Waals surface area contributed by atoms with Crippen LogP contribution in [0.15, 0.2) is 205 Å². The van der Waals surface area contributed by atoms with Crippen molar-refractivity contribution in [3.8, 4) is 78.7 Å². The molecule has 2 aromatic heterocycles. The smallest absolute Gasteiger partial charge is 0.164 e. The average molecular weight is 704 g/mol. The molecule has 0 fully saturated rings. The van der Waals surface area contributed by atoms with Gasteiger partial charge in [0.15, 0.2) is 17.5 Å². The molecule has 0 radical (unpaired) electrons. The number of hydrogen-bond acceptors (Lipinski definition) is 4. The highest BCUT2D eigenvalue weighted by Gasteiger charge is 2.18. The number of fused-ring (bicyclic) bond motifs is 3. The zero-order valence-electron chi connectivity index (χ0n) is 29.8. The number of benzene rings is 8. The Morgan fingerprint density at radius 2 is 0.691 bits per heavy atom. The molecule has 10 aromatic rings. The Balaban J connectivity index is 1.13. The summed E-state index contributed by atoms with van der Waals surface area (Å²) in [6, 6.07) is 69.3. The minimum absolute atomic E-state index is 0.577. The van der Waals surface area contributed by atoms with Crippen molar-refractivity contribution in [1.29, 1.82) is 0 Å². The standard InChI is InChI=1S/C51H33N3O/c1-5-14-34(15-6-1)37-24-26-39(27-25-37)49-52-50(41-23-13-22-40(30-41)35-16-7-2-8-17-35)54-51(53-49)42-28-29-44-46(32-42)55-47-33-43(36-18-9-3-10-19-36)31-45(48(44)47)38-20-11-4-12-21-38/h1-33H. The molecule has 4 heteroatoms. The van der Waals surface area contributed by atoms with Crippen LogP contribution >= 0.6 is 0 Å². The van der Waals surface area contributed by atoms with Crippen LogP contribution in [0.4, 0.5) is 0 Å². The van der Waals surface area contributed by atoms with Gasteiger partial charge in [0.1, 0.15) is 11.2 Å². The molecule has 0 unspecified atom stereocenters. The van der Waals surface area contributed by atoms with Crippen molar-refractivity contribution in [2.45, 2.75) is 0 Å². The zero-order valence-corrected chi connectivity index (χ0v) is 29.8. The van der Waals surface area contributed by atoms with Crippen molar-refractivity contribution < 1.29 is 4.42 Å². The van der Waals surface area contributed by atoms with Gasteiger partial charge in [-0.1, -0.05) is 170 Å². The van der Waals surface area contributed by atoms with E-state index in [2.05, 4.69) is 176 Å². The largest absolute Gasteiger partial charge is 0.456 e. The number of aromatic nitrogens is 3. The Hall–Kier alpha value is -7.43. The molecule has 0 saturated carbocycles. The Bertz CT molecular complexity index is 2940. The van der Waals surface area contributed by atoms with Crippen LogP contribution in [0.1, 0.15) is 0 Å². The molecule has 8 aromatic carbocycles. The summed E-state index contributed by atoms with van der Waals surface area (Å²) < 4.78 is 6.72. The van der Waals surface area contributed by atoms with E-state index in [1.807, 2.05) is 24.3 Å². The second-order valence-corrected chi connectivity index (χ2v) is 13.6. The first kappa shape index (κ1) is 32.2. The lowest BCUT2D eigenvalue weighted by Crippen LogP contribution is -2.00. The van der Waals surface area contributed by atoms with Gasteiger partial charge in [-0.2, -0.15) is 0 Å². The predicted molar refractivity (Wildman–Crippen MR) is 225 cm³/mol.